The third-order valence-electron chi connectivity index (χ3n) is 7.60. The van der Waals surface area contributed by atoms with Crippen LogP contribution in [0, 0.1) is 6.92 Å². The fraction of sp³-hybridized carbons (Fsp3) is 0.147. The Labute approximate surface area is 249 Å². The maximum Gasteiger partial charge on any atom is 0.179 e. The Hall–Kier alpha value is -5.57. The number of aromatic hydroxyl groups is 1. The van der Waals surface area contributed by atoms with Crippen LogP contribution in [0.1, 0.15) is 29.8 Å². The van der Waals surface area contributed by atoms with Gasteiger partial charge in [0.2, 0.25) is 0 Å². The van der Waals surface area contributed by atoms with Crippen LogP contribution >= 0.6 is 0 Å². The Bertz CT molecular complexity index is 1900. The van der Waals surface area contributed by atoms with Crippen LogP contribution in [0.4, 0.5) is 22.9 Å². The Morgan fingerprint density at radius 3 is 2.47 bits per heavy atom. The third-order valence-corrected chi connectivity index (χ3v) is 7.60. The molecule has 2 N–H and O–H groups in total. The van der Waals surface area contributed by atoms with Crippen molar-refractivity contribution in [1.29, 1.82) is 0 Å². The molecule has 0 spiro atoms. The molecule has 4 aromatic carbocycles. The van der Waals surface area contributed by atoms with Crippen molar-refractivity contribution in [3.05, 3.63) is 114 Å². The van der Waals surface area contributed by atoms with Gasteiger partial charge in [0.05, 0.1) is 48.2 Å². The van der Waals surface area contributed by atoms with Gasteiger partial charge in [0.1, 0.15) is 5.75 Å². The smallest absolute Gasteiger partial charge is 0.179 e. The van der Waals surface area contributed by atoms with Crippen molar-refractivity contribution in [2.45, 2.75) is 19.9 Å². The van der Waals surface area contributed by atoms with Crippen molar-refractivity contribution in [3.8, 4) is 22.9 Å². The molecule has 2 aliphatic rings. The summed E-state index contributed by atoms with van der Waals surface area (Å²) in [6.45, 7) is 4.50. The highest BCUT2D eigenvalue weighted by atomic mass is 16.5. The van der Waals surface area contributed by atoms with Crippen LogP contribution in [0.3, 0.4) is 0 Å². The van der Waals surface area contributed by atoms with Crippen LogP contribution in [0.15, 0.2) is 107 Å². The van der Waals surface area contributed by atoms with Crippen molar-refractivity contribution >= 4 is 34.6 Å². The number of ether oxygens (including phenoxy) is 2. The van der Waals surface area contributed by atoms with E-state index in [2.05, 4.69) is 10.2 Å². The first-order valence-corrected chi connectivity index (χ1v) is 14.1. The second kappa shape index (κ2) is 10.7. The number of aryl methyl sites for hydroxylation is 1. The number of anilines is 2. The number of aliphatic imine (C=N–C) groups is 2. The average molecular weight is 571 g/mol. The number of methoxy groups -OCH3 is 1. The fourth-order valence-electron chi connectivity index (χ4n) is 5.71. The number of benzene rings is 4. The zero-order valence-electron chi connectivity index (χ0n) is 24.0. The summed E-state index contributed by atoms with van der Waals surface area (Å²) in [5, 5.41) is 19.0. The number of nitrogens with zero attached hydrogens (tertiary/aromatic N) is 5. The average Bonchev–Trinajstić information content (AvgIpc) is 3.37. The molecule has 0 fully saturated rings. The van der Waals surface area contributed by atoms with E-state index in [9.17, 15) is 5.11 Å². The lowest BCUT2D eigenvalue weighted by atomic mass is 9.93. The summed E-state index contributed by atoms with van der Waals surface area (Å²) in [6.07, 6.45) is 0. The molecular formula is C34H30N6O3. The summed E-state index contributed by atoms with van der Waals surface area (Å²) < 4.78 is 13.3. The van der Waals surface area contributed by atoms with Gasteiger partial charge in [-0.25, -0.2) is 14.7 Å². The number of aromatic nitrogens is 2. The largest absolute Gasteiger partial charge is 0.504 e. The summed E-state index contributed by atoms with van der Waals surface area (Å²) >= 11 is 0. The van der Waals surface area contributed by atoms with Gasteiger partial charge >= 0.3 is 0 Å². The molecule has 9 heteroatoms. The molecule has 0 saturated carbocycles. The van der Waals surface area contributed by atoms with Gasteiger partial charge < -0.3 is 24.8 Å². The fourth-order valence-corrected chi connectivity index (χ4v) is 5.71. The second-order valence-electron chi connectivity index (χ2n) is 10.2. The lowest BCUT2D eigenvalue weighted by molar-refractivity contribution is 0.342. The van der Waals surface area contributed by atoms with E-state index in [1.807, 2.05) is 110 Å². The number of hydrogen-bond acceptors (Lipinski definition) is 8. The van der Waals surface area contributed by atoms with Crippen molar-refractivity contribution in [3.63, 3.8) is 0 Å². The molecule has 3 heterocycles. The van der Waals surface area contributed by atoms with Crippen molar-refractivity contribution in [2.24, 2.45) is 9.98 Å². The molecule has 7 rings (SSSR count). The first kappa shape index (κ1) is 26.3. The number of nitrogens with one attached hydrogen (secondary N) is 1. The van der Waals surface area contributed by atoms with E-state index >= 15 is 0 Å². The number of phenols is 1. The Morgan fingerprint density at radius 2 is 1.65 bits per heavy atom. The summed E-state index contributed by atoms with van der Waals surface area (Å²) in [5.41, 5.74) is 6.08. The normalized spacial score (nSPS) is 15.0. The Balaban J connectivity index is 1.49. The minimum Gasteiger partial charge on any atom is -0.504 e. The van der Waals surface area contributed by atoms with Gasteiger partial charge in [-0.1, -0.05) is 48.5 Å². The van der Waals surface area contributed by atoms with Crippen LogP contribution in [0.25, 0.3) is 5.69 Å². The minimum absolute atomic E-state index is 0.0726. The van der Waals surface area contributed by atoms with Crippen LogP contribution < -0.4 is 19.7 Å². The number of phenolic OH excluding ortho intramolecular Hbond substituents is 1. The Kier molecular flexibility index (Phi) is 6.54. The van der Waals surface area contributed by atoms with E-state index in [1.54, 1.807) is 13.2 Å². The highest BCUT2D eigenvalue weighted by molar-refractivity contribution is 6.51. The summed E-state index contributed by atoms with van der Waals surface area (Å²) in [6, 6.07) is 30.9. The highest BCUT2D eigenvalue weighted by Gasteiger charge is 2.41. The molecule has 0 amide bonds. The van der Waals surface area contributed by atoms with Gasteiger partial charge in [0, 0.05) is 5.56 Å². The number of amidine groups is 2. The van der Waals surface area contributed by atoms with E-state index in [0.717, 1.165) is 45.3 Å². The zero-order chi connectivity index (χ0) is 29.5. The van der Waals surface area contributed by atoms with Crippen molar-refractivity contribution in [2.75, 3.05) is 23.9 Å². The van der Waals surface area contributed by atoms with Crippen molar-refractivity contribution < 1.29 is 14.6 Å². The number of hydrogen-bond donors (Lipinski definition) is 2. The predicted octanol–water partition coefficient (Wildman–Crippen LogP) is 7.09. The first-order chi connectivity index (χ1) is 21.1. The predicted molar refractivity (Wildman–Crippen MR) is 169 cm³/mol. The van der Waals surface area contributed by atoms with Crippen LogP contribution in [-0.4, -0.2) is 40.3 Å². The molecular weight excluding hydrogens is 540 g/mol. The molecule has 5 aromatic rings. The molecule has 1 aromatic heterocycles. The number of para-hydroxylation sites is 5. The monoisotopic (exact) mass is 570 g/mol. The van der Waals surface area contributed by atoms with E-state index in [0.29, 0.717) is 29.8 Å². The maximum absolute atomic E-state index is 10.5. The maximum atomic E-state index is 10.5. The number of rotatable bonds is 6. The molecule has 0 aliphatic carbocycles. The first-order valence-electron chi connectivity index (χ1n) is 14.1. The number of fused-ring (bicyclic) bond motifs is 4. The standard InChI is InChI=1S/C34H30N6O3/c1-4-43-28-17-11-9-15-25(28)36-32-34-37-33-30(21(2)38-40(33)23-12-6-5-7-13-23)31(22-18-19-27(41)29(20-22)42-3)39(34)26-16-10-8-14-24(26)35-32/h5-20,31,41H,4H2,1-3H3,(H,35,36). The summed E-state index contributed by atoms with van der Waals surface area (Å²) in [7, 11) is 1.55. The van der Waals surface area contributed by atoms with Gasteiger partial charge in [-0.15, -0.1) is 0 Å². The van der Waals surface area contributed by atoms with Crippen LogP contribution in [0.5, 0.6) is 17.2 Å². The second-order valence-corrected chi connectivity index (χ2v) is 10.2. The zero-order valence-corrected chi connectivity index (χ0v) is 24.0. The van der Waals surface area contributed by atoms with E-state index in [4.69, 9.17) is 24.6 Å². The van der Waals surface area contributed by atoms with Crippen LogP contribution in [0.2, 0.25) is 0 Å². The lowest BCUT2D eigenvalue weighted by Crippen LogP contribution is -2.46. The van der Waals surface area contributed by atoms with Gasteiger partial charge in [-0.2, -0.15) is 5.10 Å². The quantitative estimate of drug-likeness (QED) is 0.226. The third kappa shape index (κ3) is 4.46. The van der Waals surface area contributed by atoms with Gasteiger partial charge in [-0.05, 0) is 67.9 Å². The van der Waals surface area contributed by atoms with E-state index in [-0.39, 0.29) is 11.8 Å². The van der Waals surface area contributed by atoms with Gasteiger partial charge in [-0.3, -0.25) is 0 Å². The molecule has 0 radical (unpaired) electrons. The SMILES string of the molecule is CCOc1ccccc1NC1=Nc2ccccc2N2C1=Nc1c(c(C)nn1-c1ccccc1)C2c1ccc(O)c(OC)c1. The molecule has 43 heavy (non-hydrogen) atoms. The lowest BCUT2D eigenvalue weighted by Gasteiger charge is -2.40. The summed E-state index contributed by atoms with van der Waals surface area (Å²) in [4.78, 5) is 12.5. The minimum atomic E-state index is -0.356. The van der Waals surface area contributed by atoms with Gasteiger partial charge in [0.15, 0.2) is 29.0 Å². The highest BCUT2D eigenvalue weighted by Crippen LogP contribution is 2.49. The van der Waals surface area contributed by atoms with Crippen LogP contribution in [-0.2, 0) is 0 Å². The molecule has 0 saturated heterocycles. The molecule has 2 aliphatic heterocycles. The topological polar surface area (TPSA) is 96.5 Å². The molecule has 0 bridgehead atoms. The molecule has 1 atom stereocenters. The summed E-state index contributed by atoms with van der Waals surface area (Å²) in [5.74, 6) is 3.10. The molecule has 1 unspecified atom stereocenters. The molecule has 214 valence electrons. The molecule has 9 nitrogen and oxygen atoms in total. The Morgan fingerprint density at radius 1 is 0.884 bits per heavy atom. The van der Waals surface area contributed by atoms with Crippen molar-refractivity contribution in [1.82, 2.24) is 9.78 Å². The van der Waals surface area contributed by atoms with E-state index in [1.165, 1.54) is 0 Å². The van der Waals surface area contributed by atoms with Gasteiger partial charge in [0.25, 0.3) is 0 Å². The van der Waals surface area contributed by atoms with E-state index < -0.39 is 0 Å².